The zero-order valence-electron chi connectivity index (χ0n) is 8.70. The van der Waals surface area contributed by atoms with E-state index in [1.165, 1.54) is 6.42 Å². The molecule has 0 saturated carbocycles. The predicted octanol–water partition coefficient (Wildman–Crippen LogP) is -1.66. The molecule has 0 radical (unpaired) electrons. The van der Waals surface area contributed by atoms with Gasteiger partial charge >= 0.3 is 0 Å². The predicted molar refractivity (Wildman–Crippen MR) is 55.6 cm³/mol. The van der Waals surface area contributed by atoms with Crippen molar-refractivity contribution >= 4 is 5.91 Å². The van der Waals surface area contributed by atoms with Crippen molar-refractivity contribution in [1.82, 2.24) is 10.2 Å². The van der Waals surface area contributed by atoms with Crippen molar-refractivity contribution in [3.05, 3.63) is 0 Å². The summed E-state index contributed by atoms with van der Waals surface area (Å²) in [5.41, 5.74) is 10.5. The highest BCUT2D eigenvalue weighted by Crippen LogP contribution is 2.12. The first-order valence-corrected chi connectivity index (χ1v) is 5.03. The molecule has 1 saturated heterocycles. The van der Waals surface area contributed by atoms with Crippen LogP contribution in [0.1, 0.15) is 6.42 Å². The molecule has 2 unspecified atom stereocenters. The molecule has 0 bridgehead atoms. The molecule has 0 aromatic rings. The van der Waals surface area contributed by atoms with Crippen LogP contribution in [0.25, 0.3) is 0 Å². The standard InChI is InChI=1S/C9H20N4O/c1-13-3-2-7(6-13)4-12-5-8(10)9(11)14/h7-8,12H,2-6,10H2,1H3,(H2,11,14). The fourth-order valence-corrected chi connectivity index (χ4v) is 1.74. The van der Waals surface area contributed by atoms with Crippen molar-refractivity contribution in [3.8, 4) is 0 Å². The molecule has 0 aliphatic carbocycles. The second kappa shape index (κ2) is 5.29. The van der Waals surface area contributed by atoms with Crippen LogP contribution >= 0.6 is 0 Å². The number of carbonyl (C=O) groups excluding carboxylic acids is 1. The van der Waals surface area contributed by atoms with E-state index in [1.54, 1.807) is 0 Å². The summed E-state index contributed by atoms with van der Waals surface area (Å²) in [4.78, 5) is 12.9. The molecule has 82 valence electrons. The van der Waals surface area contributed by atoms with E-state index in [9.17, 15) is 4.79 Å². The largest absolute Gasteiger partial charge is 0.368 e. The highest BCUT2D eigenvalue weighted by atomic mass is 16.1. The summed E-state index contributed by atoms with van der Waals surface area (Å²) >= 11 is 0. The molecule has 1 amide bonds. The topological polar surface area (TPSA) is 84.4 Å². The summed E-state index contributed by atoms with van der Waals surface area (Å²) in [6.07, 6.45) is 1.22. The molecule has 1 aliphatic heterocycles. The molecule has 1 heterocycles. The van der Waals surface area contributed by atoms with E-state index in [-0.39, 0.29) is 0 Å². The van der Waals surface area contributed by atoms with Crippen molar-refractivity contribution < 1.29 is 4.79 Å². The third-order valence-electron chi connectivity index (χ3n) is 2.65. The minimum absolute atomic E-state index is 0.443. The van der Waals surface area contributed by atoms with Gasteiger partial charge in [-0.3, -0.25) is 4.79 Å². The summed E-state index contributed by atoms with van der Waals surface area (Å²) in [6.45, 7) is 3.69. The normalized spacial score (nSPS) is 25.1. The van der Waals surface area contributed by atoms with Gasteiger partial charge in [0.1, 0.15) is 0 Å². The average molecular weight is 200 g/mol. The van der Waals surface area contributed by atoms with Crippen LogP contribution in [0.5, 0.6) is 0 Å². The number of likely N-dealkylation sites (tertiary alicyclic amines) is 1. The second-order valence-electron chi connectivity index (χ2n) is 4.08. The highest BCUT2D eigenvalue weighted by molar-refractivity contribution is 5.79. The maximum Gasteiger partial charge on any atom is 0.235 e. The SMILES string of the molecule is CN1CCC(CNCC(N)C(N)=O)C1. The van der Waals surface area contributed by atoms with E-state index in [2.05, 4.69) is 17.3 Å². The summed E-state index contributed by atoms with van der Waals surface area (Å²) in [5, 5.41) is 3.18. The average Bonchev–Trinajstić information content (AvgIpc) is 2.51. The first-order valence-electron chi connectivity index (χ1n) is 5.03. The number of nitrogens with two attached hydrogens (primary N) is 2. The van der Waals surface area contributed by atoms with Crippen LogP contribution in [0.4, 0.5) is 0 Å². The van der Waals surface area contributed by atoms with Crippen LogP contribution in [-0.2, 0) is 4.79 Å². The fourth-order valence-electron chi connectivity index (χ4n) is 1.74. The van der Waals surface area contributed by atoms with Gasteiger partial charge in [-0.2, -0.15) is 0 Å². The number of nitrogens with one attached hydrogen (secondary N) is 1. The molecule has 0 spiro atoms. The van der Waals surface area contributed by atoms with Crippen LogP contribution in [0.15, 0.2) is 0 Å². The van der Waals surface area contributed by atoms with E-state index >= 15 is 0 Å². The first kappa shape index (κ1) is 11.4. The van der Waals surface area contributed by atoms with E-state index in [4.69, 9.17) is 11.5 Å². The van der Waals surface area contributed by atoms with Gasteiger partial charge < -0.3 is 21.7 Å². The lowest BCUT2D eigenvalue weighted by Gasteiger charge is -2.13. The molecule has 5 heteroatoms. The Morgan fingerprint density at radius 1 is 1.71 bits per heavy atom. The molecular weight excluding hydrogens is 180 g/mol. The number of amides is 1. The third kappa shape index (κ3) is 3.61. The minimum Gasteiger partial charge on any atom is -0.368 e. The summed E-state index contributed by atoms with van der Waals surface area (Å²) in [7, 11) is 2.12. The molecule has 1 fully saturated rings. The maximum atomic E-state index is 10.6. The molecule has 0 aromatic carbocycles. The van der Waals surface area contributed by atoms with Crippen molar-refractivity contribution in [1.29, 1.82) is 0 Å². The van der Waals surface area contributed by atoms with Gasteiger partial charge in [0.2, 0.25) is 5.91 Å². The van der Waals surface area contributed by atoms with Crippen molar-refractivity contribution in [2.24, 2.45) is 17.4 Å². The van der Waals surface area contributed by atoms with Gasteiger partial charge in [-0.25, -0.2) is 0 Å². The number of primary amides is 1. The van der Waals surface area contributed by atoms with Gasteiger partial charge in [-0.1, -0.05) is 0 Å². The Morgan fingerprint density at radius 2 is 2.43 bits per heavy atom. The molecule has 14 heavy (non-hydrogen) atoms. The molecular formula is C9H20N4O. The lowest BCUT2D eigenvalue weighted by atomic mass is 10.1. The van der Waals surface area contributed by atoms with Gasteiger partial charge in [0, 0.05) is 13.1 Å². The Balaban J connectivity index is 2.07. The summed E-state index contributed by atoms with van der Waals surface area (Å²) < 4.78 is 0. The molecule has 5 N–H and O–H groups in total. The Kier molecular flexibility index (Phi) is 4.31. The Hall–Kier alpha value is -0.650. The van der Waals surface area contributed by atoms with E-state index < -0.39 is 11.9 Å². The van der Waals surface area contributed by atoms with Gasteiger partial charge in [0.05, 0.1) is 6.04 Å². The Labute approximate surface area is 84.8 Å². The smallest absolute Gasteiger partial charge is 0.235 e. The van der Waals surface area contributed by atoms with Gasteiger partial charge in [0.25, 0.3) is 0 Å². The van der Waals surface area contributed by atoms with Gasteiger partial charge in [0.15, 0.2) is 0 Å². The lowest BCUT2D eigenvalue weighted by molar-refractivity contribution is -0.119. The maximum absolute atomic E-state index is 10.6. The quantitative estimate of drug-likeness (QED) is 0.496. The number of nitrogens with zero attached hydrogens (tertiary/aromatic N) is 1. The van der Waals surface area contributed by atoms with E-state index in [1.807, 2.05) is 0 Å². The second-order valence-corrected chi connectivity index (χ2v) is 4.08. The van der Waals surface area contributed by atoms with Crippen molar-refractivity contribution in [2.75, 3.05) is 33.2 Å². The van der Waals surface area contributed by atoms with Gasteiger partial charge in [-0.15, -0.1) is 0 Å². The van der Waals surface area contributed by atoms with Crippen molar-refractivity contribution in [2.45, 2.75) is 12.5 Å². The van der Waals surface area contributed by atoms with Crippen LogP contribution < -0.4 is 16.8 Å². The highest BCUT2D eigenvalue weighted by Gasteiger charge is 2.19. The van der Waals surface area contributed by atoms with Crippen LogP contribution in [0.2, 0.25) is 0 Å². The summed E-state index contributed by atoms with van der Waals surface area (Å²) in [5.74, 6) is 0.237. The third-order valence-corrected chi connectivity index (χ3v) is 2.65. The lowest BCUT2D eigenvalue weighted by Crippen LogP contribution is -2.45. The number of hydrogen-bond donors (Lipinski definition) is 3. The Morgan fingerprint density at radius 3 is 2.93 bits per heavy atom. The van der Waals surface area contributed by atoms with Crippen LogP contribution in [0.3, 0.4) is 0 Å². The zero-order valence-corrected chi connectivity index (χ0v) is 8.70. The molecule has 5 nitrogen and oxygen atoms in total. The Bertz CT molecular complexity index is 197. The minimum atomic E-state index is -0.561. The molecule has 1 rings (SSSR count). The van der Waals surface area contributed by atoms with Crippen LogP contribution in [0, 0.1) is 5.92 Å². The molecule has 2 atom stereocenters. The zero-order chi connectivity index (χ0) is 10.6. The van der Waals surface area contributed by atoms with Crippen LogP contribution in [-0.4, -0.2) is 50.1 Å². The van der Waals surface area contributed by atoms with E-state index in [0.29, 0.717) is 12.5 Å². The molecule has 1 aliphatic rings. The van der Waals surface area contributed by atoms with E-state index in [0.717, 1.165) is 19.6 Å². The monoisotopic (exact) mass is 200 g/mol. The first-order chi connectivity index (χ1) is 6.59. The number of hydrogen-bond acceptors (Lipinski definition) is 4. The fraction of sp³-hybridized carbons (Fsp3) is 0.889. The summed E-state index contributed by atoms with van der Waals surface area (Å²) in [6, 6.07) is -0.561. The van der Waals surface area contributed by atoms with Gasteiger partial charge in [-0.05, 0) is 32.5 Å². The number of rotatable bonds is 5. The number of carbonyl (C=O) groups is 1. The molecule has 0 aromatic heterocycles. The van der Waals surface area contributed by atoms with Crippen molar-refractivity contribution in [3.63, 3.8) is 0 Å².